The quantitative estimate of drug-likeness (QED) is 0.806. The van der Waals surface area contributed by atoms with Gasteiger partial charge in [-0.2, -0.15) is 0 Å². The Morgan fingerprint density at radius 3 is 2.60 bits per heavy atom. The lowest BCUT2D eigenvalue weighted by molar-refractivity contribution is 0.0701. The van der Waals surface area contributed by atoms with Gasteiger partial charge in [-0.3, -0.25) is 0 Å². The predicted octanol–water partition coefficient (Wildman–Crippen LogP) is 2.10. The average molecular weight is 289 g/mol. The predicted molar refractivity (Wildman–Crippen MR) is 46.8 cm³/mol. The number of thiazole rings is 1. The molecule has 0 aliphatic rings. The summed E-state index contributed by atoms with van der Waals surface area (Å²) >= 11 is 8.25. The molecule has 0 bridgehead atoms. The first-order valence-corrected chi connectivity index (χ1v) is 4.43. The third-order valence-corrected chi connectivity index (χ3v) is 3.05. The molecule has 6 heteroatoms. The van der Waals surface area contributed by atoms with Gasteiger partial charge < -0.3 is 5.11 Å². The summed E-state index contributed by atoms with van der Waals surface area (Å²) in [5.41, 5.74) is 0. The van der Waals surface area contributed by atoms with E-state index in [1.54, 1.807) is 0 Å². The molecule has 0 aliphatic carbocycles. The Morgan fingerprint density at radius 2 is 2.40 bits per heavy atom. The molecule has 0 spiro atoms. The fourth-order valence-electron chi connectivity index (χ4n) is 0.409. The van der Waals surface area contributed by atoms with Gasteiger partial charge in [-0.25, -0.2) is 9.78 Å². The molecule has 0 aromatic carbocycles. The molecule has 10 heavy (non-hydrogen) atoms. The zero-order valence-electron chi connectivity index (χ0n) is 4.47. The molecule has 1 rings (SSSR count). The lowest BCUT2D eigenvalue weighted by Gasteiger charge is -1.82. The van der Waals surface area contributed by atoms with E-state index in [0.29, 0.717) is 3.70 Å². The topological polar surface area (TPSA) is 50.2 Å². The second-order valence-corrected chi connectivity index (χ2v) is 3.99. The first-order valence-electron chi connectivity index (χ1n) is 2.16. The molecule has 54 valence electrons. The normalized spacial score (nSPS) is 9.80. The van der Waals surface area contributed by atoms with Crippen molar-refractivity contribution in [2.75, 3.05) is 0 Å². The average Bonchev–Trinajstić information content (AvgIpc) is 2.10. The van der Waals surface area contributed by atoms with Crippen molar-refractivity contribution in [3.63, 3.8) is 0 Å². The van der Waals surface area contributed by atoms with Gasteiger partial charge in [0.25, 0.3) is 0 Å². The molecule has 1 aromatic heterocycles. The Bertz CT molecular complexity index is 274. The van der Waals surface area contributed by atoms with Crippen molar-refractivity contribution >= 4 is 51.5 Å². The first-order chi connectivity index (χ1) is 4.61. The fourth-order valence-corrected chi connectivity index (χ4v) is 2.36. The van der Waals surface area contributed by atoms with E-state index in [1.165, 1.54) is 0 Å². The molecule has 0 atom stereocenters. The van der Waals surface area contributed by atoms with Crippen LogP contribution in [0.25, 0.3) is 0 Å². The minimum Gasteiger partial charge on any atom is -0.477 e. The molecular formula is C4HClINO2S. The van der Waals surface area contributed by atoms with Crippen LogP contribution in [0.15, 0.2) is 0 Å². The van der Waals surface area contributed by atoms with Crippen LogP contribution in [0, 0.1) is 3.70 Å². The van der Waals surface area contributed by atoms with Crippen LogP contribution in [0.2, 0.25) is 4.47 Å². The lowest BCUT2D eigenvalue weighted by atomic mass is 10.6. The molecule has 0 fully saturated rings. The van der Waals surface area contributed by atoms with Gasteiger partial charge in [0.1, 0.15) is 8.58 Å². The number of hydrogen-bond donors (Lipinski definition) is 1. The number of carboxylic acid groups (broad SMARTS) is 1. The first kappa shape index (κ1) is 8.22. The molecule has 1 aromatic rings. The van der Waals surface area contributed by atoms with Gasteiger partial charge in [-0.1, -0.05) is 22.9 Å². The number of nitrogens with zero attached hydrogens (tertiary/aromatic N) is 1. The second-order valence-electron chi connectivity index (χ2n) is 1.39. The van der Waals surface area contributed by atoms with Gasteiger partial charge in [-0.05, 0) is 22.6 Å². The molecule has 0 aliphatic heterocycles. The highest BCUT2D eigenvalue weighted by Crippen LogP contribution is 2.23. The summed E-state index contributed by atoms with van der Waals surface area (Å²) < 4.78 is 0.710. The summed E-state index contributed by atoms with van der Waals surface area (Å²) in [5.74, 6) is -0.978. The van der Waals surface area contributed by atoms with E-state index >= 15 is 0 Å². The third kappa shape index (κ3) is 1.58. The van der Waals surface area contributed by atoms with Crippen LogP contribution in [-0.4, -0.2) is 16.1 Å². The number of rotatable bonds is 1. The van der Waals surface area contributed by atoms with Crippen LogP contribution >= 0.6 is 45.5 Å². The van der Waals surface area contributed by atoms with E-state index in [4.69, 9.17) is 16.7 Å². The fraction of sp³-hybridized carbons (Fsp3) is 0. The van der Waals surface area contributed by atoms with Gasteiger partial charge in [0, 0.05) is 0 Å². The van der Waals surface area contributed by atoms with Crippen LogP contribution in [0.4, 0.5) is 0 Å². The van der Waals surface area contributed by atoms with Gasteiger partial charge in [0.05, 0.1) is 0 Å². The van der Waals surface area contributed by atoms with E-state index in [1.807, 2.05) is 22.6 Å². The molecule has 3 nitrogen and oxygen atoms in total. The Kier molecular flexibility index (Phi) is 2.48. The number of aromatic nitrogens is 1. The third-order valence-electron chi connectivity index (χ3n) is 0.754. The maximum absolute atomic E-state index is 10.3. The van der Waals surface area contributed by atoms with Crippen LogP contribution in [0.3, 0.4) is 0 Å². The Hall–Kier alpha value is 0.120. The van der Waals surface area contributed by atoms with Gasteiger partial charge in [0.2, 0.25) is 0 Å². The molecule has 1 N–H and O–H groups in total. The maximum atomic E-state index is 10.3. The van der Waals surface area contributed by atoms with Crippen LogP contribution in [0.1, 0.15) is 9.67 Å². The van der Waals surface area contributed by atoms with Crippen LogP contribution in [0.5, 0.6) is 0 Å². The lowest BCUT2D eigenvalue weighted by Crippen LogP contribution is -1.93. The van der Waals surface area contributed by atoms with Crippen molar-refractivity contribution < 1.29 is 9.90 Å². The number of carboxylic acids is 1. The monoisotopic (exact) mass is 289 g/mol. The highest BCUT2D eigenvalue weighted by molar-refractivity contribution is 14.1. The van der Waals surface area contributed by atoms with E-state index < -0.39 is 5.97 Å². The highest BCUT2D eigenvalue weighted by atomic mass is 127. The molecule has 0 saturated carbocycles. The zero-order valence-corrected chi connectivity index (χ0v) is 8.20. The van der Waals surface area contributed by atoms with E-state index in [2.05, 4.69) is 4.98 Å². The van der Waals surface area contributed by atoms with Crippen molar-refractivity contribution in [2.24, 2.45) is 0 Å². The number of hydrogen-bond acceptors (Lipinski definition) is 3. The summed E-state index contributed by atoms with van der Waals surface area (Å²) in [4.78, 5) is 14.3. The summed E-state index contributed by atoms with van der Waals surface area (Å²) in [7, 11) is 0. The van der Waals surface area contributed by atoms with Gasteiger partial charge in [0.15, 0.2) is 4.47 Å². The minimum atomic E-state index is -0.978. The van der Waals surface area contributed by atoms with Gasteiger partial charge in [-0.15, -0.1) is 0 Å². The van der Waals surface area contributed by atoms with E-state index in [-0.39, 0.29) is 9.34 Å². The summed E-state index contributed by atoms with van der Waals surface area (Å²) in [6, 6.07) is 0. The molecule has 0 radical (unpaired) electrons. The smallest absolute Gasteiger partial charge is 0.348 e. The number of halogens is 2. The van der Waals surface area contributed by atoms with Crippen molar-refractivity contribution in [1.82, 2.24) is 4.98 Å². The Balaban J connectivity index is 3.15. The highest BCUT2D eigenvalue weighted by Gasteiger charge is 2.13. The number of carbonyl (C=O) groups is 1. The van der Waals surface area contributed by atoms with E-state index in [0.717, 1.165) is 11.3 Å². The minimum absolute atomic E-state index is 0.200. The van der Waals surface area contributed by atoms with E-state index in [9.17, 15) is 4.79 Å². The molecular weight excluding hydrogens is 288 g/mol. The van der Waals surface area contributed by atoms with Crippen molar-refractivity contribution in [1.29, 1.82) is 0 Å². The Labute approximate surface area is 79.2 Å². The van der Waals surface area contributed by atoms with Gasteiger partial charge >= 0.3 is 5.97 Å². The standard InChI is InChI=1S/C4HClINO2S/c5-4-7-2(6)1(10-4)3(8)9/h(H,8,9). The summed E-state index contributed by atoms with van der Waals surface area (Å²) in [5, 5.41) is 8.49. The second kappa shape index (κ2) is 3.02. The Morgan fingerprint density at radius 1 is 1.80 bits per heavy atom. The van der Waals surface area contributed by atoms with Crippen LogP contribution < -0.4 is 0 Å². The summed E-state index contributed by atoms with van der Waals surface area (Å²) in [6.07, 6.45) is 0. The zero-order chi connectivity index (χ0) is 7.72. The maximum Gasteiger partial charge on any atom is 0.348 e. The van der Waals surface area contributed by atoms with Crippen molar-refractivity contribution in [3.05, 3.63) is 13.0 Å². The van der Waals surface area contributed by atoms with Crippen molar-refractivity contribution in [3.8, 4) is 0 Å². The van der Waals surface area contributed by atoms with Crippen LogP contribution in [-0.2, 0) is 0 Å². The SMILES string of the molecule is O=C(O)c1sc(Cl)nc1I. The molecule has 1 heterocycles. The molecule has 0 saturated heterocycles. The number of aromatic carboxylic acids is 1. The molecule has 0 amide bonds. The summed E-state index contributed by atoms with van der Waals surface area (Å²) in [6.45, 7) is 0. The van der Waals surface area contributed by atoms with Crippen molar-refractivity contribution in [2.45, 2.75) is 0 Å². The molecule has 0 unspecified atom stereocenters. The largest absolute Gasteiger partial charge is 0.477 e.